The van der Waals surface area contributed by atoms with Gasteiger partial charge in [-0.3, -0.25) is 19.2 Å². The predicted molar refractivity (Wildman–Crippen MR) is 88.2 cm³/mol. The average Bonchev–Trinajstić information content (AvgIpc) is 2.40. The van der Waals surface area contributed by atoms with Gasteiger partial charge in [-0.25, -0.2) is 0 Å². The first kappa shape index (κ1) is 28.1. The number of rotatable bonds is 0. The molecule has 2 N–H and O–H groups in total. The third-order valence-corrected chi connectivity index (χ3v) is 1.96. The molecule has 0 bridgehead atoms. The van der Waals surface area contributed by atoms with Gasteiger partial charge in [0.05, 0.1) is 0 Å². The molecule has 0 atom stereocenters. The first-order valence-electron chi connectivity index (χ1n) is 6.55. The fraction of sp³-hybridized carbons (Fsp3) is 0.714. The van der Waals surface area contributed by atoms with Crippen LogP contribution in [0.5, 0.6) is 0 Å². The van der Waals surface area contributed by atoms with Gasteiger partial charge in [0.2, 0.25) is 23.6 Å². The Bertz CT molecular complexity index is 297. The lowest BCUT2D eigenvalue weighted by atomic mass is 10.7. The van der Waals surface area contributed by atoms with E-state index in [9.17, 15) is 19.2 Å². The van der Waals surface area contributed by atoms with E-state index in [0.717, 1.165) is 0 Å². The zero-order valence-corrected chi connectivity index (χ0v) is 15.5. The first-order chi connectivity index (χ1) is 9.83. The van der Waals surface area contributed by atoms with Gasteiger partial charge in [0, 0.05) is 70.0 Å². The molecule has 0 aliphatic rings. The summed E-state index contributed by atoms with van der Waals surface area (Å²) in [5.74, 6) is 0.194. The topological polar surface area (TPSA) is 98.8 Å². The maximum Gasteiger partial charge on any atom is 0.218 e. The van der Waals surface area contributed by atoms with Crippen molar-refractivity contribution in [2.24, 2.45) is 0 Å². The Morgan fingerprint density at radius 1 is 0.591 bits per heavy atom. The van der Waals surface area contributed by atoms with Crippen molar-refractivity contribution >= 4 is 23.6 Å². The van der Waals surface area contributed by atoms with Crippen LogP contribution < -0.4 is 10.6 Å². The number of hydrogen-bond acceptors (Lipinski definition) is 4. The minimum Gasteiger partial charge on any atom is -0.359 e. The van der Waals surface area contributed by atoms with Crippen molar-refractivity contribution in [3.8, 4) is 0 Å². The van der Waals surface area contributed by atoms with Crippen molar-refractivity contribution in [3.05, 3.63) is 0 Å². The Hall–Kier alpha value is -2.12. The van der Waals surface area contributed by atoms with Crippen LogP contribution in [-0.4, -0.2) is 75.7 Å². The summed E-state index contributed by atoms with van der Waals surface area (Å²) >= 11 is 0. The van der Waals surface area contributed by atoms with Crippen LogP contribution in [0.1, 0.15) is 27.7 Å². The lowest BCUT2D eigenvalue weighted by Crippen LogP contribution is -2.17. The molecule has 8 nitrogen and oxygen atoms in total. The molecule has 0 aliphatic carbocycles. The molecule has 0 aromatic rings. The van der Waals surface area contributed by atoms with E-state index in [0.29, 0.717) is 0 Å². The van der Waals surface area contributed by atoms with Crippen LogP contribution in [0.3, 0.4) is 0 Å². The maximum absolute atomic E-state index is 10.1. The summed E-state index contributed by atoms with van der Waals surface area (Å²) in [5, 5.41) is 4.78. The molecule has 0 spiro atoms. The van der Waals surface area contributed by atoms with Gasteiger partial charge in [-0.1, -0.05) is 0 Å². The van der Waals surface area contributed by atoms with Crippen LogP contribution in [0.15, 0.2) is 0 Å². The summed E-state index contributed by atoms with van der Waals surface area (Å²) in [5.41, 5.74) is 0. The Kier molecular flexibility index (Phi) is 24.1. The lowest BCUT2D eigenvalue weighted by molar-refractivity contribution is -0.127. The molecule has 8 heteroatoms. The number of hydrogen-bond donors (Lipinski definition) is 2. The van der Waals surface area contributed by atoms with Gasteiger partial charge in [0.25, 0.3) is 0 Å². The highest BCUT2D eigenvalue weighted by atomic mass is 16.2. The minimum atomic E-state index is 0.00463. The monoisotopic (exact) mass is 320 g/mol. The Labute approximate surface area is 134 Å². The molecule has 0 saturated carbocycles. The smallest absolute Gasteiger partial charge is 0.218 e. The molecule has 22 heavy (non-hydrogen) atoms. The Balaban J connectivity index is -0.0000000986. The highest BCUT2D eigenvalue weighted by molar-refractivity contribution is 5.73. The summed E-state index contributed by atoms with van der Waals surface area (Å²) in [6, 6.07) is 0. The van der Waals surface area contributed by atoms with Gasteiger partial charge < -0.3 is 20.4 Å². The largest absolute Gasteiger partial charge is 0.359 e. The average molecular weight is 320 g/mol. The van der Waals surface area contributed by atoms with Crippen LogP contribution in [0, 0.1) is 0 Å². The van der Waals surface area contributed by atoms with Gasteiger partial charge in [-0.15, -0.1) is 0 Å². The van der Waals surface area contributed by atoms with E-state index < -0.39 is 0 Å². The van der Waals surface area contributed by atoms with E-state index in [4.69, 9.17) is 0 Å². The van der Waals surface area contributed by atoms with Gasteiger partial charge in [0.15, 0.2) is 0 Å². The van der Waals surface area contributed by atoms with Crippen LogP contribution >= 0.6 is 0 Å². The molecular weight excluding hydrogens is 288 g/mol. The minimum absolute atomic E-state index is 0.00463. The Morgan fingerprint density at radius 3 is 0.682 bits per heavy atom. The third-order valence-electron chi connectivity index (χ3n) is 1.96. The van der Waals surface area contributed by atoms with Gasteiger partial charge in [0.1, 0.15) is 0 Å². The molecule has 0 unspecified atom stereocenters. The first-order valence-corrected chi connectivity index (χ1v) is 6.55. The van der Waals surface area contributed by atoms with Gasteiger partial charge >= 0.3 is 0 Å². The molecule has 0 aromatic carbocycles. The van der Waals surface area contributed by atoms with Crippen LogP contribution in [0.25, 0.3) is 0 Å². The van der Waals surface area contributed by atoms with Crippen molar-refractivity contribution in [1.29, 1.82) is 0 Å². The molecule has 0 heterocycles. The van der Waals surface area contributed by atoms with E-state index in [-0.39, 0.29) is 23.6 Å². The fourth-order valence-corrected chi connectivity index (χ4v) is 0. The second-order valence-corrected chi connectivity index (χ2v) is 4.44. The third kappa shape index (κ3) is 52.2. The van der Waals surface area contributed by atoms with E-state index in [1.165, 1.54) is 37.5 Å². The normalized spacial score (nSPS) is 7.36. The van der Waals surface area contributed by atoms with E-state index in [2.05, 4.69) is 10.6 Å². The maximum atomic E-state index is 10.1. The summed E-state index contributed by atoms with van der Waals surface area (Å²) in [6.07, 6.45) is 0. The molecular formula is C14H32N4O4. The molecule has 0 rings (SSSR count). The molecule has 0 saturated heterocycles. The lowest BCUT2D eigenvalue weighted by Gasteiger charge is -2.02. The molecule has 0 fully saturated rings. The molecule has 0 radical (unpaired) electrons. The van der Waals surface area contributed by atoms with Crippen LogP contribution in [0.4, 0.5) is 0 Å². The summed E-state index contributed by atoms with van der Waals surface area (Å²) in [4.78, 5) is 42.6. The van der Waals surface area contributed by atoms with Crippen molar-refractivity contribution in [1.82, 2.24) is 20.4 Å². The highest BCUT2D eigenvalue weighted by Crippen LogP contribution is 1.70. The number of carbonyl (C=O) groups excluding carboxylic acids is 4. The predicted octanol–water partition coefficient (Wildman–Crippen LogP) is -0.306. The number of carbonyl (C=O) groups is 4. The van der Waals surface area contributed by atoms with Crippen molar-refractivity contribution in [2.75, 3.05) is 42.3 Å². The van der Waals surface area contributed by atoms with E-state index in [1.807, 2.05) is 0 Å². The standard InChI is InChI=1S/2C4H9NO.2C3H7NO/c2*1-4(6)5(2)3;2*1-3(5)4-2/h2*1-3H3;2*1-2H3,(H,4,5). The zero-order chi connectivity index (χ0) is 18.9. The van der Waals surface area contributed by atoms with Crippen molar-refractivity contribution in [3.63, 3.8) is 0 Å². The second-order valence-electron chi connectivity index (χ2n) is 4.44. The molecule has 4 amide bonds. The fourth-order valence-electron chi connectivity index (χ4n) is 0. The Morgan fingerprint density at radius 2 is 0.682 bits per heavy atom. The van der Waals surface area contributed by atoms with Crippen molar-refractivity contribution < 1.29 is 19.2 Å². The highest BCUT2D eigenvalue weighted by Gasteiger charge is 1.88. The van der Waals surface area contributed by atoms with Gasteiger partial charge in [-0.2, -0.15) is 0 Å². The van der Waals surface area contributed by atoms with Crippen LogP contribution in [0.2, 0.25) is 0 Å². The summed E-state index contributed by atoms with van der Waals surface area (Å²) in [6.45, 7) is 6.00. The van der Waals surface area contributed by atoms with Crippen LogP contribution in [-0.2, 0) is 19.2 Å². The number of nitrogens with zero attached hydrogens (tertiary/aromatic N) is 2. The van der Waals surface area contributed by atoms with Crippen molar-refractivity contribution in [2.45, 2.75) is 27.7 Å². The van der Waals surface area contributed by atoms with E-state index >= 15 is 0 Å². The zero-order valence-electron chi connectivity index (χ0n) is 15.5. The quantitative estimate of drug-likeness (QED) is 0.640. The summed E-state index contributed by atoms with van der Waals surface area (Å²) in [7, 11) is 10.1. The molecule has 132 valence electrons. The SMILES string of the molecule is CC(=O)N(C)C.CC(=O)N(C)C.CNC(C)=O.CNC(C)=O. The number of amides is 4. The summed E-state index contributed by atoms with van der Waals surface area (Å²) < 4.78 is 0. The van der Waals surface area contributed by atoms with Gasteiger partial charge in [-0.05, 0) is 0 Å². The molecule has 0 aromatic heterocycles. The number of nitrogens with one attached hydrogen (secondary N) is 2. The van der Waals surface area contributed by atoms with E-state index in [1.54, 1.807) is 42.3 Å². The molecule has 0 aliphatic heterocycles. The second kappa shape index (κ2) is 18.9.